The van der Waals surface area contributed by atoms with Gasteiger partial charge in [0.2, 0.25) is 10.0 Å². The van der Waals surface area contributed by atoms with E-state index in [-0.39, 0.29) is 12.5 Å². The molecule has 0 unspecified atom stereocenters. The van der Waals surface area contributed by atoms with Gasteiger partial charge in [-0.25, -0.2) is 8.42 Å². The number of hydrogen-bond acceptors (Lipinski definition) is 6. The summed E-state index contributed by atoms with van der Waals surface area (Å²) in [4.78, 5) is 18.8. The van der Waals surface area contributed by atoms with Crippen molar-refractivity contribution in [3.63, 3.8) is 0 Å². The van der Waals surface area contributed by atoms with Crippen LogP contribution in [0.2, 0.25) is 0 Å². The Labute approximate surface area is 193 Å². The summed E-state index contributed by atoms with van der Waals surface area (Å²) in [6.45, 7) is 5.85. The average Bonchev–Trinajstić information content (AvgIpc) is 3.26. The molecule has 4 rings (SSSR count). The van der Waals surface area contributed by atoms with E-state index >= 15 is 0 Å². The Bertz CT molecular complexity index is 1300. The Morgan fingerprint density at radius 3 is 2.48 bits per heavy atom. The van der Waals surface area contributed by atoms with Crippen LogP contribution < -0.4 is 10.2 Å². The van der Waals surface area contributed by atoms with Gasteiger partial charge in [-0.1, -0.05) is 31.9 Å². The number of sulfonamides is 1. The SMILES string of the molecule is C#CCNC(=O)c1ccc2oc(N3CCN(S(=O)(=O)c4ccc(C(C)C)cc4)CC3)nc2c1. The molecular formula is C24H26N4O4S. The molecule has 0 aliphatic carbocycles. The van der Waals surface area contributed by atoms with Crippen molar-refractivity contribution in [1.82, 2.24) is 14.6 Å². The zero-order chi connectivity index (χ0) is 23.6. The highest BCUT2D eigenvalue weighted by molar-refractivity contribution is 7.89. The summed E-state index contributed by atoms with van der Waals surface area (Å²) in [6, 6.07) is 12.5. The summed E-state index contributed by atoms with van der Waals surface area (Å²) >= 11 is 0. The van der Waals surface area contributed by atoms with E-state index < -0.39 is 10.0 Å². The molecule has 0 saturated carbocycles. The Morgan fingerprint density at radius 1 is 1.15 bits per heavy atom. The molecule has 0 bridgehead atoms. The molecule has 3 aromatic rings. The first-order valence-electron chi connectivity index (χ1n) is 10.8. The second-order valence-corrected chi connectivity index (χ2v) is 10.1. The first-order chi connectivity index (χ1) is 15.8. The number of nitrogens with zero attached hydrogens (tertiary/aromatic N) is 3. The molecule has 1 N–H and O–H groups in total. The molecule has 8 nitrogen and oxygen atoms in total. The number of carbonyl (C=O) groups excluding carboxylic acids is 1. The van der Waals surface area contributed by atoms with Crippen molar-refractivity contribution in [2.24, 2.45) is 0 Å². The number of nitrogens with one attached hydrogen (secondary N) is 1. The highest BCUT2D eigenvalue weighted by atomic mass is 32.2. The van der Waals surface area contributed by atoms with Gasteiger partial charge in [0.25, 0.3) is 11.9 Å². The number of benzene rings is 2. The van der Waals surface area contributed by atoms with E-state index in [0.29, 0.717) is 59.7 Å². The van der Waals surface area contributed by atoms with Gasteiger partial charge in [0.1, 0.15) is 5.52 Å². The van der Waals surface area contributed by atoms with E-state index in [1.165, 1.54) is 4.31 Å². The van der Waals surface area contributed by atoms with E-state index in [0.717, 1.165) is 5.56 Å². The monoisotopic (exact) mass is 466 g/mol. The molecule has 2 heterocycles. The van der Waals surface area contributed by atoms with Crippen LogP contribution in [0.5, 0.6) is 0 Å². The maximum atomic E-state index is 13.0. The molecular weight excluding hydrogens is 440 g/mol. The summed E-state index contributed by atoms with van der Waals surface area (Å²) in [5.74, 6) is 2.43. The van der Waals surface area contributed by atoms with Gasteiger partial charge in [-0.15, -0.1) is 6.42 Å². The number of carbonyl (C=O) groups is 1. The molecule has 1 aliphatic rings. The minimum atomic E-state index is -3.56. The fourth-order valence-corrected chi connectivity index (χ4v) is 5.14. The highest BCUT2D eigenvalue weighted by Gasteiger charge is 2.30. The molecule has 0 radical (unpaired) electrons. The normalized spacial score (nSPS) is 15.0. The van der Waals surface area contributed by atoms with Gasteiger partial charge in [0.05, 0.1) is 11.4 Å². The Morgan fingerprint density at radius 2 is 1.85 bits per heavy atom. The summed E-state index contributed by atoms with van der Waals surface area (Å²) in [7, 11) is -3.56. The summed E-state index contributed by atoms with van der Waals surface area (Å²) < 4.78 is 33.4. The summed E-state index contributed by atoms with van der Waals surface area (Å²) in [6.07, 6.45) is 5.18. The molecule has 1 saturated heterocycles. The number of piperazine rings is 1. The molecule has 0 atom stereocenters. The third-order valence-corrected chi connectivity index (χ3v) is 7.60. The molecule has 1 aromatic heterocycles. The van der Waals surface area contributed by atoms with Crippen molar-refractivity contribution in [1.29, 1.82) is 0 Å². The molecule has 9 heteroatoms. The zero-order valence-electron chi connectivity index (χ0n) is 18.6. The minimum Gasteiger partial charge on any atom is -0.423 e. The lowest BCUT2D eigenvalue weighted by Crippen LogP contribution is -2.48. The molecule has 1 amide bonds. The predicted octanol–water partition coefficient (Wildman–Crippen LogP) is 2.83. The number of fused-ring (bicyclic) bond motifs is 1. The standard InChI is InChI=1S/C24H26N4O4S/c1-4-11-25-23(29)19-7-10-22-21(16-19)26-24(32-22)27-12-14-28(15-13-27)33(30,31)20-8-5-18(6-9-20)17(2)3/h1,5-10,16-17H,11-15H2,2-3H3,(H,25,29). The van der Waals surface area contributed by atoms with Crippen LogP contribution in [-0.4, -0.2) is 56.3 Å². The van der Waals surface area contributed by atoms with E-state index in [2.05, 4.69) is 30.1 Å². The third-order valence-electron chi connectivity index (χ3n) is 5.68. The smallest absolute Gasteiger partial charge is 0.298 e. The van der Waals surface area contributed by atoms with E-state index in [1.807, 2.05) is 17.0 Å². The number of hydrogen-bond donors (Lipinski definition) is 1. The molecule has 0 spiro atoms. The second kappa shape index (κ2) is 9.25. The van der Waals surface area contributed by atoms with Crippen LogP contribution in [0.25, 0.3) is 11.1 Å². The topological polar surface area (TPSA) is 95.8 Å². The number of anilines is 1. The molecule has 172 valence electrons. The van der Waals surface area contributed by atoms with Crippen molar-refractivity contribution in [3.8, 4) is 12.3 Å². The number of rotatable bonds is 6. The van der Waals surface area contributed by atoms with Crippen molar-refractivity contribution >= 4 is 33.0 Å². The molecule has 1 aliphatic heterocycles. The van der Waals surface area contributed by atoms with Gasteiger partial charge in [0, 0.05) is 31.7 Å². The van der Waals surface area contributed by atoms with Crippen LogP contribution in [0.15, 0.2) is 51.8 Å². The average molecular weight is 467 g/mol. The largest absolute Gasteiger partial charge is 0.423 e. The Hall–Kier alpha value is -3.35. The van der Waals surface area contributed by atoms with Gasteiger partial charge in [-0.3, -0.25) is 4.79 Å². The van der Waals surface area contributed by atoms with Gasteiger partial charge in [-0.2, -0.15) is 9.29 Å². The Balaban J connectivity index is 1.45. The van der Waals surface area contributed by atoms with Crippen LogP contribution in [0.3, 0.4) is 0 Å². The van der Waals surface area contributed by atoms with Crippen molar-refractivity contribution < 1.29 is 17.6 Å². The first-order valence-corrected chi connectivity index (χ1v) is 12.2. The van der Waals surface area contributed by atoms with Crippen molar-refractivity contribution in [3.05, 3.63) is 53.6 Å². The van der Waals surface area contributed by atoms with Crippen LogP contribution in [0.1, 0.15) is 35.7 Å². The number of aromatic nitrogens is 1. The first kappa shape index (κ1) is 22.8. The minimum absolute atomic E-state index is 0.149. The van der Waals surface area contributed by atoms with Crippen molar-refractivity contribution in [2.45, 2.75) is 24.7 Å². The van der Waals surface area contributed by atoms with Gasteiger partial charge < -0.3 is 14.6 Å². The maximum absolute atomic E-state index is 13.0. The lowest BCUT2D eigenvalue weighted by Gasteiger charge is -2.33. The number of amides is 1. The lowest BCUT2D eigenvalue weighted by atomic mass is 10.0. The van der Waals surface area contributed by atoms with Gasteiger partial charge in [-0.05, 0) is 41.8 Å². The summed E-state index contributed by atoms with van der Waals surface area (Å²) in [5.41, 5.74) is 2.65. The van der Waals surface area contributed by atoms with E-state index in [4.69, 9.17) is 10.8 Å². The number of oxazole rings is 1. The van der Waals surface area contributed by atoms with Crippen molar-refractivity contribution in [2.75, 3.05) is 37.6 Å². The fraction of sp³-hybridized carbons (Fsp3) is 0.333. The summed E-state index contributed by atoms with van der Waals surface area (Å²) in [5, 5.41) is 2.62. The van der Waals surface area contributed by atoms with Gasteiger partial charge >= 0.3 is 0 Å². The second-order valence-electron chi connectivity index (χ2n) is 8.18. The van der Waals surface area contributed by atoms with E-state index in [1.54, 1.807) is 30.3 Å². The quantitative estimate of drug-likeness (QED) is 0.562. The third kappa shape index (κ3) is 4.72. The fourth-order valence-electron chi connectivity index (χ4n) is 3.72. The maximum Gasteiger partial charge on any atom is 0.298 e. The van der Waals surface area contributed by atoms with Crippen LogP contribution in [0, 0.1) is 12.3 Å². The van der Waals surface area contributed by atoms with Gasteiger partial charge in [0.15, 0.2) is 5.58 Å². The highest BCUT2D eigenvalue weighted by Crippen LogP contribution is 2.26. The molecule has 2 aromatic carbocycles. The van der Waals surface area contributed by atoms with E-state index in [9.17, 15) is 13.2 Å². The molecule has 1 fully saturated rings. The Kier molecular flexibility index (Phi) is 6.40. The number of terminal acetylenes is 1. The zero-order valence-corrected chi connectivity index (χ0v) is 19.4. The van der Waals surface area contributed by atoms with Crippen LogP contribution >= 0.6 is 0 Å². The van der Waals surface area contributed by atoms with Crippen LogP contribution in [-0.2, 0) is 10.0 Å². The lowest BCUT2D eigenvalue weighted by molar-refractivity contribution is 0.0959. The molecule has 33 heavy (non-hydrogen) atoms. The van der Waals surface area contributed by atoms with Crippen LogP contribution in [0.4, 0.5) is 6.01 Å². The predicted molar refractivity (Wildman–Crippen MR) is 127 cm³/mol.